The van der Waals surface area contributed by atoms with Gasteiger partial charge in [-0.1, -0.05) is 0 Å². The van der Waals surface area contributed by atoms with Crippen molar-refractivity contribution >= 4 is 30.9 Å². The zero-order valence-corrected chi connectivity index (χ0v) is 27.4. The van der Waals surface area contributed by atoms with Gasteiger partial charge in [-0.15, -0.1) is 0 Å². The topological polar surface area (TPSA) is 80.9 Å². The molecule has 0 unspecified atom stereocenters. The van der Waals surface area contributed by atoms with Gasteiger partial charge in [0.05, 0.1) is 24.4 Å². The van der Waals surface area contributed by atoms with E-state index in [1.165, 1.54) is 51.4 Å². The summed E-state index contributed by atoms with van der Waals surface area (Å²) in [5.74, 6) is 0. The maximum Gasteiger partial charge on any atom is 0.0542 e. The Balaban J connectivity index is 0. The molecule has 0 spiro atoms. The average molecular weight is 606 g/mol. The first-order chi connectivity index (χ1) is 16.4. The van der Waals surface area contributed by atoms with Crippen LogP contribution < -0.4 is 0 Å². The summed E-state index contributed by atoms with van der Waals surface area (Å²) in [7, 11) is 0. The molecular weight excluding hydrogens is 546 g/mol. The second-order valence-corrected chi connectivity index (χ2v) is 16.1. The summed E-state index contributed by atoms with van der Waals surface area (Å²) in [6.07, 6.45) is 17.2. The second-order valence-electron chi connectivity index (χ2n) is 9.84. The van der Waals surface area contributed by atoms with Crippen LogP contribution in [0.4, 0.5) is 0 Å². The summed E-state index contributed by atoms with van der Waals surface area (Å²) in [6.45, 7) is 9.13. The van der Waals surface area contributed by atoms with E-state index >= 15 is 0 Å². The van der Waals surface area contributed by atoms with Gasteiger partial charge < -0.3 is 20.4 Å². The van der Waals surface area contributed by atoms with Crippen molar-refractivity contribution in [3.63, 3.8) is 0 Å². The van der Waals surface area contributed by atoms with E-state index < -0.39 is 0 Å². The molecule has 0 heterocycles. The van der Waals surface area contributed by atoms with E-state index in [0.29, 0.717) is 30.9 Å². The first kappa shape index (κ1) is 37.1. The third-order valence-electron chi connectivity index (χ3n) is 6.16. The van der Waals surface area contributed by atoms with E-state index in [-0.39, 0.29) is 24.4 Å². The van der Waals surface area contributed by atoms with Crippen LogP contribution in [0.25, 0.3) is 0 Å². The molecule has 0 aromatic carbocycles. The zero-order valence-electron chi connectivity index (χ0n) is 23.2. The number of hydrogen-bond acceptors (Lipinski definition) is 4. The van der Waals surface area contributed by atoms with Crippen molar-refractivity contribution in [2.75, 3.05) is 0 Å². The largest absolute Gasteiger partial charge is 0.393 e. The molecule has 0 aromatic heterocycles. The van der Waals surface area contributed by atoms with Gasteiger partial charge in [-0.3, -0.25) is 0 Å². The van der Waals surface area contributed by atoms with E-state index in [1.807, 2.05) is 0 Å². The van der Waals surface area contributed by atoms with Gasteiger partial charge in [0.1, 0.15) is 0 Å². The van der Waals surface area contributed by atoms with Crippen LogP contribution in [0.5, 0.6) is 0 Å². The van der Waals surface area contributed by atoms with Gasteiger partial charge in [-0.05, 0) is 51.4 Å². The molecule has 0 bridgehead atoms. The first-order valence-electron chi connectivity index (χ1n) is 14.5. The van der Waals surface area contributed by atoms with Crippen molar-refractivity contribution in [3.8, 4) is 0 Å². The van der Waals surface area contributed by atoms with Crippen molar-refractivity contribution in [2.24, 2.45) is 0 Å². The monoisotopic (exact) mass is 608 g/mol. The third-order valence-corrected chi connectivity index (χ3v) is 12.1. The summed E-state index contributed by atoms with van der Waals surface area (Å²) in [5.41, 5.74) is 0. The molecule has 2 fully saturated rings. The fraction of sp³-hybridized carbons (Fsp3) is 1.00. The van der Waals surface area contributed by atoms with Crippen molar-refractivity contribution in [3.05, 3.63) is 0 Å². The maximum atomic E-state index is 8.92. The summed E-state index contributed by atoms with van der Waals surface area (Å²) >= 11 is 0.993. The van der Waals surface area contributed by atoms with Crippen molar-refractivity contribution < 1.29 is 20.4 Å². The van der Waals surface area contributed by atoms with Crippen LogP contribution in [0.15, 0.2) is 0 Å². The molecule has 2 rings (SSSR count). The molecule has 2 aliphatic rings. The molecular formula is C28H60Ge2O4. The zero-order chi connectivity index (χ0) is 25.9. The Kier molecular flexibility index (Phi) is 32.9. The fourth-order valence-electron chi connectivity index (χ4n) is 3.57. The molecule has 4 N–H and O–H groups in total. The SMILES string of the molecule is CCC[CH2][Ge][CH2]CCC.CCC[CH2][Ge][CH2]CCC.OC1CCC(O)CC1.OC1CCC(O)CC1. The first-order valence-corrected chi connectivity index (χ1v) is 20.5. The molecule has 4 nitrogen and oxygen atoms in total. The number of unbranched alkanes of at least 4 members (excludes halogenated alkanes) is 4. The Morgan fingerprint density at radius 1 is 0.412 bits per heavy atom. The minimum Gasteiger partial charge on any atom is -0.393 e. The number of aliphatic hydroxyl groups excluding tert-OH is 4. The molecule has 2 aliphatic carbocycles. The molecule has 34 heavy (non-hydrogen) atoms. The van der Waals surface area contributed by atoms with Crippen LogP contribution >= 0.6 is 0 Å². The Hall–Kier alpha value is 0.926. The van der Waals surface area contributed by atoms with Crippen LogP contribution in [0.1, 0.15) is 130 Å². The Labute approximate surface area is 226 Å². The van der Waals surface area contributed by atoms with E-state index in [0.717, 1.165) is 51.4 Å². The van der Waals surface area contributed by atoms with Gasteiger partial charge in [0.2, 0.25) is 0 Å². The summed E-state index contributed by atoms with van der Waals surface area (Å²) in [6, 6.07) is 0. The molecule has 6 heteroatoms. The quantitative estimate of drug-likeness (QED) is 0.145. The maximum absolute atomic E-state index is 8.92. The number of rotatable bonds is 12. The normalized spacial score (nSPS) is 24.0. The average Bonchev–Trinajstić information content (AvgIpc) is 2.84. The van der Waals surface area contributed by atoms with Crippen molar-refractivity contribution in [1.29, 1.82) is 0 Å². The standard InChI is InChI=1S/2C8H18Ge.2C6H12O2/c2*1-3-5-7-9-8-6-4-2;2*7-5-1-2-6(8)4-3-5/h2*3-8H2,1-2H3;2*5-8H,1-4H2. The molecule has 2 saturated carbocycles. The van der Waals surface area contributed by atoms with E-state index in [9.17, 15) is 0 Å². The van der Waals surface area contributed by atoms with Gasteiger partial charge in [-0.25, -0.2) is 0 Å². The Morgan fingerprint density at radius 2 is 0.588 bits per heavy atom. The Morgan fingerprint density at radius 3 is 0.735 bits per heavy atom. The summed E-state index contributed by atoms with van der Waals surface area (Å²) in [4.78, 5) is 0. The predicted molar refractivity (Wildman–Crippen MR) is 151 cm³/mol. The van der Waals surface area contributed by atoms with Gasteiger partial charge >= 0.3 is 131 Å². The van der Waals surface area contributed by atoms with Crippen LogP contribution in [0.2, 0.25) is 21.0 Å². The molecule has 0 aliphatic heterocycles. The van der Waals surface area contributed by atoms with E-state index in [4.69, 9.17) is 20.4 Å². The van der Waals surface area contributed by atoms with Crippen LogP contribution in [-0.2, 0) is 0 Å². The minimum atomic E-state index is -0.140. The van der Waals surface area contributed by atoms with Crippen molar-refractivity contribution in [2.45, 2.75) is 176 Å². The summed E-state index contributed by atoms with van der Waals surface area (Å²) in [5, 5.41) is 42.0. The van der Waals surface area contributed by atoms with Crippen LogP contribution in [0.3, 0.4) is 0 Å². The molecule has 204 valence electrons. The number of hydrogen-bond donors (Lipinski definition) is 4. The molecule has 0 saturated heterocycles. The van der Waals surface area contributed by atoms with E-state index in [2.05, 4.69) is 27.7 Å². The van der Waals surface area contributed by atoms with Crippen LogP contribution in [-0.4, -0.2) is 75.7 Å². The molecule has 0 aromatic rings. The second kappa shape index (κ2) is 30.2. The molecule has 0 amide bonds. The van der Waals surface area contributed by atoms with Gasteiger partial charge in [-0.2, -0.15) is 0 Å². The number of aliphatic hydroxyl groups is 4. The molecule has 0 atom stereocenters. The minimum absolute atomic E-state index is 0.140. The summed E-state index contributed by atoms with van der Waals surface area (Å²) < 4.78 is 0. The van der Waals surface area contributed by atoms with E-state index in [1.54, 1.807) is 21.0 Å². The van der Waals surface area contributed by atoms with Crippen LogP contribution in [0, 0.1) is 0 Å². The third kappa shape index (κ3) is 31.0. The Bertz CT molecular complexity index is 292. The van der Waals surface area contributed by atoms with Gasteiger partial charge in [0, 0.05) is 0 Å². The smallest absolute Gasteiger partial charge is 0.0542 e. The van der Waals surface area contributed by atoms with Gasteiger partial charge in [0.15, 0.2) is 0 Å². The fourth-order valence-corrected chi connectivity index (χ4v) is 9.69. The molecule has 4 radical (unpaired) electrons. The van der Waals surface area contributed by atoms with Crippen molar-refractivity contribution in [1.82, 2.24) is 0 Å². The predicted octanol–water partition coefficient (Wildman–Crippen LogP) is 6.82. The van der Waals surface area contributed by atoms with Gasteiger partial charge in [0.25, 0.3) is 0 Å².